The normalized spacial score (nSPS) is 27.2. The van der Waals surface area contributed by atoms with Gasteiger partial charge >= 0.3 is 6.18 Å². The quantitative estimate of drug-likeness (QED) is 0.220. The molecule has 1 aromatic rings. The van der Waals surface area contributed by atoms with Crippen molar-refractivity contribution in [3.63, 3.8) is 0 Å². The summed E-state index contributed by atoms with van der Waals surface area (Å²) in [6.45, 7) is 3.75. The summed E-state index contributed by atoms with van der Waals surface area (Å²) in [5.74, 6) is -4.69. The van der Waals surface area contributed by atoms with Gasteiger partial charge in [-0.15, -0.1) is 0 Å². The highest BCUT2D eigenvalue weighted by Crippen LogP contribution is 2.38. The summed E-state index contributed by atoms with van der Waals surface area (Å²) in [6, 6.07) is 3.58. The maximum atomic E-state index is 14.8. The number of aliphatic imine (C=N–C) groups is 1. The van der Waals surface area contributed by atoms with Crippen molar-refractivity contribution in [2.45, 2.75) is 77.3 Å². The van der Waals surface area contributed by atoms with E-state index in [0.717, 1.165) is 17.9 Å². The van der Waals surface area contributed by atoms with Crippen LogP contribution in [0.25, 0.3) is 5.57 Å². The predicted molar refractivity (Wildman–Crippen MR) is 155 cm³/mol. The topological polar surface area (TPSA) is 90.2 Å². The van der Waals surface area contributed by atoms with Gasteiger partial charge in [0.25, 0.3) is 0 Å². The Bertz CT molecular complexity index is 1230. The predicted octanol–water partition coefficient (Wildman–Crippen LogP) is 7.18. The van der Waals surface area contributed by atoms with Gasteiger partial charge in [0.15, 0.2) is 5.78 Å². The van der Waals surface area contributed by atoms with Crippen LogP contribution in [0.3, 0.4) is 0 Å². The number of pyridine rings is 1. The number of allylic oxidation sites excluding steroid dienone is 4. The lowest BCUT2D eigenvalue weighted by Crippen LogP contribution is -2.33. The van der Waals surface area contributed by atoms with E-state index in [2.05, 4.69) is 20.6 Å². The van der Waals surface area contributed by atoms with E-state index < -0.39 is 41.2 Å². The number of aryl methyl sites for hydroxylation is 1. The van der Waals surface area contributed by atoms with Gasteiger partial charge in [0.1, 0.15) is 11.5 Å². The van der Waals surface area contributed by atoms with E-state index in [9.17, 15) is 26.7 Å². The fraction of sp³-hybridized carbons (Fsp3) is 0.548. The number of rotatable bonds is 8. The van der Waals surface area contributed by atoms with Crippen molar-refractivity contribution < 1.29 is 26.7 Å². The van der Waals surface area contributed by atoms with Crippen molar-refractivity contribution in [2.75, 3.05) is 13.6 Å². The number of carbonyl (C=O) groups excluding carboxylic acids is 1. The SMILES string of the molecule is CN/C=C(\C(=N)C(=O)C1CCCC(F)(F)C[C@@H](C)C(CNC2=C/CCC/C=C(C(F)(F)F)/C=N\2)C1)c1cc(C)ccn1. The molecule has 3 rings (SSSR count). The van der Waals surface area contributed by atoms with Gasteiger partial charge in [-0.05, 0) is 81.1 Å². The number of nitrogens with one attached hydrogen (secondary N) is 3. The van der Waals surface area contributed by atoms with Gasteiger partial charge < -0.3 is 10.6 Å². The van der Waals surface area contributed by atoms with Crippen LogP contribution in [0, 0.1) is 30.1 Å². The molecular weight excluding hydrogens is 553 g/mol. The van der Waals surface area contributed by atoms with E-state index in [0.29, 0.717) is 24.1 Å². The lowest BCUT2D eigenvalue weighted by molar-refractivity contribution is -0.117. The Labute approximate surface area is 244 Å². The van der Waals surface area contributed by atoms with Gasteiger partial charge in [-0.2, -0.15) is 13.2 Å². The first-order valence-corrected chi connectivity index (χ1v) is 14.4. The molecule has 230 valence electrons. The Balaban J connectivity index is 1.84. The zero-order chi connectivity index (χ0) is 30.9. The summed E-state index contributed by atoms with van der Waals surface area (Å²) < 4.78 is 69.6. The standard InChI is InChI=1S/C31H40F5N5O/c1-20-11-13-39-26(14-20)25(19-38-3)28(37)29(42)22-8-7-12-30(32,33)16-21(2)23(15-22)17-40-27-10-6-4-5-9-24(18-41-27)31(34,35)36/h9-11,13-14,18-19,21-23,37-38,40H,4-8,12,15-17H2,1-3H3/b24-9-,25-19-,27-10-,37-28?,41-18-/t21-,22?,23?/m1/s1. The number of aromatic nitrogens is 1. The van der Waals surface area contributed by atoms with Gasteiger partial charge in [-0.25, -0.2) is 13.8 Å². The number of hydrogen-bond donors (Lipinski definition) is 3. The molecule has 1 aliphatic heterocycles. The molecule has 6 nitrogen and oxygen atoms in total. The molecule has 2 heterocycles. The van der Waals surface area contributed by atoms with E-state index in [-0.39, 0.29) is 56.6 Å². The van der Waals surface area contributed by atoms with Crippen molar-refractivity contribution in [3.8, 4) is 0 Å². The highest BCUT2D eigenvalue weighted by atomic mass is 19.4. The van der Waals surface area contributed by atoms with Gasteiger partial charge in [-0.3, -0.25) is 15.2 Å². The van der Waals surface area contributed by atoms with Crippen molar-refractivity contribution >= 4 is 23.3 Å². The number of alkyl halides is 5. The third kappa shape index (κ3) is 9.59. The maximum absolute atomic E-state index is 14.8. The monoisotopic (exact) mass is 593 g/mol. The molecule has 0 saturated heterocycles. The van der Waals surface area contributed by atoms with Gasteiger partial charge in [0.05, 0.1) is 11.3 Å². The number of ketones is 1. The van der Waals surface area contributed by atoms with Gasteiger partial charge in [0.2, 0.25) is 5.92 Å². The molecule has 2 aliphatic rings. The first kappa shape index (κ1) is 33.1. The van der Waals surface area contributed by atoms with E-state index >= 15 is 0 Å². The Morgan fingerprint density at radius 2 is 1.95 bits per heavy atom. The second-order valence-electron chi connectivity index (χ2n) is 11.2. The van der Waals surface area contributed by atoms with Crippen molar-refractivity contribution in [1.29, 1.82) is 5.41 Å². The average Bonchev–Trinajstić information content (AvgIpc) is 3.06. The number of nitrogens with zero attached hydrogens (tertiary/aromatic N) is 2. The molecule has 0 radical (unpaired) electrons. The highest BCUT2D eigenvalue weighted by Gasteiger charge is 2.38. The van der Waals surface area contributed by atoms with Crippen LogP contribution in [0.4, 0.5) is 22.0 Å². The minimum atomic E-state index is -4.52. The lowest BCUT2D eigenvalue weighted by Gasteiger charge is -2.29. The van der Waals surface area contributed by atoms with Crippen molar-refractivity contribution in [2.24, 2.45) is 22.7 Å². The van der Waals surface area contributed by atoms with E-state index in [1.54, 1.807) is 38.4 Å². The first-order chi connectivity index (χ1) is 19.8. The molecule has 1 aromatic heterocycles. The zero-order valence-electron chi connectivity index (χ0n) is 24.3. The number of carbonyl (C=O) groups is 1. The molecule has 0 spiro atoms. The third-order valence-corrected chi connectivity index (χ3v) is 7.80. The molecule has 0 amide bonds. The Morgan fingerprint density at radius 1 is 1.21 bits per heavy atom. The van der Waals surface area contributed by atoms with Gasteiger partial charge in [0, 0.05) is 56.5 Å². The Kier molecular flexibility index (Phi) is 11.6. The summed E-state index contributed by atoms with van der Waals surface area (Å²) in [5.41, 5.74) is 0.614. The molecule has 1 fully saturated rings. The van der Waals surface area contributed by atoms with E-state index in [4.69, 9.17) is 5.41 Å². The highest BCUT2D eigenvalue weighted by molar-refractivity contribution is 6.55. The summed E-state index contributed by atoms with van der Waals surface area (Å²) in [5, 5.41) is 14.7. The van der Waals surface area contributed by atoms with Crippen LogP contribution in [-0.4, -0.2) is 48.4 Å². The molecule has 1 saturated carbocycles. The molecule has 0 bridgehead atoms. The van der Waals surface area contributed by atoms with Crippen LogP contribution < -0.4 is 10.6 Å². The molecule has 1 aliphatic carbocycles. The van der Waals surface area contributed by atoms with E-state index in [1.165, 1.54) is 6.20 Å². The molecule has 2 unspecified atom stereocenters. The zero-order valence-corrected chi connectivity index (χ0v) is 24.3. The Morgan fingerprint density at radius 3 is 2.64 bits per heavy atom. The molecular formula is C31H40F5N5O. The first-order valence-electron chi connectivity index (χ1n) is 14.4. The van der Waals surface area contributed by atoms with Crippen LogP contribution in [0.15, 0.2) is 53.1 Å². The second-order valence-corrected chi connectivity index (χ2v) is 11.2. The van der Waals surface area contributed by atoms with Crippen molar-refractivity contribution in [3.05, 3.63) is 59.3 Å². The fourth-order valence-electron chi connectivity index (χ4n) is 5.43. The lowest BCUT2D eigenvalue weighted by atomic mass is 9.79. The van der Waals surface area contributed by atoms with Crippen LogP contribution >= 0.6 is 0 Å². The van der Waals surface area contributed by atoms with E-state index in [1.807, 2.05) is 6.92 Å². The number of hydrogen-bond acceptors (Lipinski definition) is 6. The van der Waals surface area contributed by atoms with Gasteiger partial charge in [-0.1, -0.05) is 13.0 Å². The maximum Gasteiger partial charge on any atom is 0.417 e. The molecule has 3 atom stereocenters. The number of halogens is 5. The summed E-state index contributed by atoms with van der Waals surface area (Å²) in [6.07, 6.45) is 3.39. The van der Waals surface area contributed by atoms with Crippen LogP contribution in [0.1, 0.15) is 69.5 Å². The smallest absolute Gasteiger partial charge is 0.393 e. The largest absolute Gasteiger partial charge is 0.417 e. The minimum Gasteiger partial charge on any atom is -0.393 e. The summed E-state index contributed by atoms with van der Waals surface area (Å²) in [7, 11) is 1.65. The minimum absolute atomic E-state index is 0.138. The van der Waals surface area contributed by atoms with Crippen LogP contribution in [0.2, 0.25) is 0 Å². The van der Waals surface area contributed by atoms with Crippen LogP contribution in [-0.2, 0) is 4.79 Å². The summed E-state index contributed by atoms with van der Waals surface area (Å²) in [4.78, 5) is 22.1. The summed E-state index contributed by atoms with van der Waals surface area (Å²) >= 11 is 0. The fourth-order valence-corrected chi connectivity index (χ4v) is 5.43. The molecule has 3 N–H and O–H groups in total. The molecule has 42 heavy (non-hydrogen) atoms. The Hall–Kier alpha value is -3.37. The average molecular weight is 594 g/mol. The van der Waals surface area contributed by atoms with Crippen molar-refractivity contribution in [1.82, 2.24) is 15.6 Å². The molecule has 0 aromatic carbocycles. The van der Waals surface area contributed by atoms with Crippen LogP contribution in [0.5, 0.6) is 0 Å². The number of Topliss-reactive ketones (excluding diaryl/α,β-unsaturated/α-hetero) is 1. The third-order valence-electron chi connectivity index (χ3n) is 7.80. The second kappa shape index (κ2) is 14.7. The molecule has 11 heteroatoms.